The van der Waals surface area contributed by atoms with E-state index in [4.69, 9.17) is 9.47 Å². The molecule has 16 heavy (non-hydrogen) atoms. The molecule has 0 amide bonds. The number of carbonyl (C=O) groups excluding carboxylic acids is 2. The zero-order chi connectivity index (χ0) is 12.4. The fourth-order valence-electron chi connectivity index (χ4n) is 0.790. The molecule has 0 fully saturated rings. The van der Waals surface area contributed by atoms with Gasteiger partial charge in [0.15, 0.2) is 0 Å². The Morgan fingerprint density at radius 3 is 2.38 bits per heavy atom. The summed E-state index contributed by atoms with van der Waals surface area (Å²) in [6.07, 6.45) is 1.80. The van der Waals surface area contributed by atoms with Crippen molar-refractivity contribution >= 4 is 11.9 Å². The van der Waals surface area contributed by atoms with Crippen LogP contribution < -0.4 is 0 Å². The standard InChI is InChI=1S/C11H16O5/c1-4-10(12)15-7-6-14-8-9(3)16-11(13)5-2/h4-5,9H,1-2,6-8H2,3H3. The molecule has 0 spiro atoms. The monoisotopic (exact) mass is 228 g/mol. The molecular formula is C11H16O5. The summed E-state index contributed by atoms with van der Waals surface area (Å²) in [5.41, 5.74) is 0. The molecule has 90 valence electrons. The maximum atomic E-state index is 10.8. The molecule has 0 aromatic rings. The lowest BCUT2D eigenvalue weighted by atomic mass is 10.4. The summed E-state index contributed by atoms with van der Waals surface area (Å²) in [5, 5.41) is 0. The Labute approximate surface area is 94.7 Å². The molecule has 0 saturated heterocycles. The van der Waals surface area contributed by atoms with Gasteiger partial charge in [0.2, 0.25) is 0 Å². The molecule has 0 aromatic heterocycles. The fraction of sp³-hybridized carbons (Fsp3) is 0.455. The Balaban J connectivity index is 3.44. The van der Waals surface area contributed by atoms with Crippen LogP contribution in [0.25, 0.3) is 0 Å². The Morgan fingerprint density at radius 2 is 1.81 bits per heavy atom. The summed E-state index contributed by atoms with van der Waals surface area (Å²) >= 11 is 0. The maximum absolute atomic E-state index is 10.8. The van der Waals surface area contributed by atoms with Crippen molar-refractivity contribution in [2.24, 2.45) is 0 Å². The van der Waals surface area contributed by atoms with E-state index in [0.29, 0.717) is 0 Å². The first-order chi connectivity index (χ1) is 7.60. The van der Waals surface area contributed by atoms with Crippen LogP contribution in [0.15, 0.2) is 25.3 Å². The smallest absolute Gasteiger partial charge is 0.330 e. The fourth-order valence-corrected chi connectivity index (χ4v) is 0.790. The van der Waals surface area contributed by atoms with Crippen LogP contribution in [0.3, 0.4) is 0 Å². The molecule has 1 atom stereocenters. The number of hydrogen-bond donors (Lipinski definition) is 0. The van der Waals surface area contributed by atoms with Gasteiger partial charge >= 0.3 is 11.9 Å². The summed E-state index contributed by atoms with van der Waals surface area (Å²) in [7, 11) is 0. The highest BCUT2D eigenvalue weighted by Crippen LogP contribution is 1.93. The zero-order valence-electron chi connectivity index (χ0n) is 9.31. The number of carbonyl (C=O) groups is 2. The molecule has 5 nitrogen and oxygen atoms in total. The van der Waals surface area contributed by atoms with Crippen molar-refractivity contribution in [1.82, 2.24) is 0 Å². The average molecular weight is 228 g/mol. The first kappa shape index (κ1) is 14.4. The first-order valence-corrected chi connectivity index (χ1v) is 4.80. The van der Waals surface area contributed by atoms with Crippen LogP contribution >= 0.6 is 0 Å². The van der Waals surface area contributed by atoms with Crippen molar-refractivity contribution < 1.29 is 23.8 Å². The number of hydrogen-bond acceptors (Lipinski definition) is 5. The molecule has 0 heterocycles. The largest absolute Gasteiger partial charge is 0.460 e. The van der Waals surface area contributed by atoms with Gasteiger partial charge in [-0.3, -0.25) is 0 Å². The van der Waals surface area contributed by atoms with Gasteiger partial charge in [0.05, 0.1) is 13.2 Å². The molecule has 0 bridgehead atoms. The van der Waals surface area contributed by atoms with Crippen LogP contribution in [0.4, 0.5) is 0 Å². The molecule has 0 radical (unpaired) electrons. The minimum Gasteiger partial charge on any atom is -0.460 e. The SMILES string of the molecule is C=CC(=O)OCCOCC(C)OC(=O)C=C. The van der Waals surface area contributed by atoms with Gasteiger partial charge in [-0.15, -0.1) is 0 Å². The van der Waals surface area contributed by atoms with E-state index in [0.717, 1.165) is 12.2 Å². The van der Waals surface area contributed by atoms with Gasteiger partial charge in [-0.05, 0) is 6.92 Å². The molecule has 0 aromatic carbocycles. The molecule has 0 aliphatic carbocycles. The van der Waals surface area contributed by atoms with Gasteiger partial charge < -0.3 is 14.2 Å². The average Bonchev–Trinajstić information content (AvgIpc) is 2.27. The Hall–Kier alpha value is -1.62. The Bertz CT molecular complexity index is 259. The van der Waals surface area contributed by atoms with Crippen molar-refractivity contribution in [3.05, 3.63) is 25.3 Å². The third-order valence-corrected chi connectivity index (χ3v) is 1.48. The normalized spacial score (nSPS) is 11.3. The summed E-state index contributed by atoms with van der Waals surface area (Å²) in [4.78, 5) is 21.4. The van der Waals surface area contributed by atoms with E-state index in [1.165, 1.54) is 0 Å². The van der Waals surface area contributed by atoms with E-state index in [-0.39, 0.29) is 25.9 Å². The van der Waals surface area contributed by atoms with E-state index in [1.807, 2.05) is 0 Å². The lowest BCUT2D eigenvalue weighted by Gasteiger charge is -2.12. The van der Waals surface area contributed by atoms with Crippen molar-refractivity contribution in [2.45, 2.75) is 13.0 Å². The van der Waals surface area contributed by atoms with E-state index in [9.17, 15) is 9.59 Å². The van der Waals surface area contributed by atoms with Gasteiger partial charge in [0.25, 0.3) is 0 Å². The van der Waals surface area contributed by atoms with Crippen LogP contribution in [-0.2, 0) is 23.8 Å². The van der Waals surface area contributed by atoms with E-state index in [1.54, 1.807) is 6.92 Å². The molecule has 0 aliphatic heterocycles. The second-order valence-electron chi connectivity index (χ2n) is 2.90. The van der Waals surface area contributed by atoms with Gasteiger partial charge in [0, 0.05) is 12.2 Å². The second kappa shape index (κ2) is 8.67. The molecule has 5 heteroatoms. The Kier molecular flexibility index (Phi) is 7.79. The van der Waals surface area contributed by atoms with Crippen molar-refractivity contribution in [1.29, 1.82) is 0 Å². The quantitative estimate of drug-likeness (QED) is 0.350. The van der Waals surface area contributed by atoms with Crippen LogP contribution in [0.1, 0.15) is 6.92 Å². The van der Waals surface area contributed by atoms with E-state index in [2.05, 4.69) is 17.9 Å². The van der Waals surface area contributed by atoms with Gasteiger partial charge in [-0.2, -0.15) is 0 Å². The molecule has 0 saturated carbocycles. The van der Waals surface area contributed by atoms with Crippen molar-refractivity contribution in [2.75, 3.05) is 19.8 Å². The van der Waals surface area contributed by atoms with Crippen LogP contribution in [-0.4, -0.2) is 37.9 Å². The maximum Gasteiger partial charge on any atom is 0.330 e. The lowest BCUT2D eigenvalue weighted by Crippen LogP contribution is -2.20. The van der Waals surface area contributed by atoms with Gasteiger partial charge in [-0.25, -0.2) is 9.59 Å². The Morgan fingerprint density at radius 1 is 1.19 bits per heavy atom. The molecular weight excluding hydrogens is 212 g/mol. The van der Waals surface area contributed by atoms with Gasteiger partial charge in [-0.1, -0.05) is 13.2 Å². The highest BCUT2D eigenvalue weighted by Gasteiger charge is 2.06. The molecule has 1 unspecified atom stereocenters. The summed E-state index contributed by atoms with van der Waals surface area (Å²) in [6.45, 7) is 8.84. The predicted molar refractivity (Wildman–Crippen MR) is 57.7 cm³/mol. The summed E-state index contributed by atoms with van der Waals surface area (Å²) in [5.74, 6) is -0.982. The highest BCUT2D eigenvalue weighted by atomic mass is 16.6. The van der Waals surface area contributed by atoms with Crippen LogP contribution in [0.5, 0.6) is 0 Å². The minimum atomic E-state index is -0.491. The third kappa shape index (κ3) is 7.75. The number of esters is 2. The van der Waals surface area contributed by atoms with Crippen LogP contribution in [0, 0.1) is 0 Å². The minimum absolute atomic E-state index is 0.146. The third-order valence-electron chi connectivity index (χ3n) is 1.48. The van der Waals surface area contributed by atoms with Crippen LogP contribution in [0.2, 0.25) is 0 Å². The first-order valence-electron chi connectivity index (χ1n) is 4.80. The van der Waals surface area contributed by atoms with Gasteiger partial charge in [0.1, 0.15) is 12.7 Å². The van der Waals surface area contributed by atoms with E-state index >= 15 is 0 Å². The molecule has 0 N–H and O–H groups in total. The number of ether oxygens (including phenoxy) is 3. The number of rotatable bonds is 8. The second-order valence-corrected chi connectivity index (χ2v) is 2.90. The van der Waals surface area contributed by atoms with E-state index < -0.39 is 11.9 Å². The summed E-state index contributed by atoms with van der Waals surface area (Å²) < 4.78 is 14.6. The summed E-state index contributed by atoms with van der Waals surface area (Å²) in [6, 6.07) is 0. The topological polar surface area (TPSA) is 61.8 Å². The molecule has 0 rings (SSSR count). The lowest BCUT2D eigenvalue weighted by molar-refractivity contribution is -0.145. The molecule has 0 aliphatic rings. The van der Waals surface area contributed by atoms with Crippen molar-refractivity contribution in [3.63, 3.8) is 0 Å². The predicted octanol–water partition coefficient (Wildman–Crippen LogP) is 0.850. The zero-order valence-corrected chi connectivity index (χ0v) is 9.31. The van der Waals surface area contributed by atoms with Crippen molar-refractivity contribution in [3.8, 4) is 0 Å². The highest BCUT2D eigenvalue weighted by molar-refractivity contribution is 5.81.